The van der Waals surface area contributed by atoms with Gasteiger partial charge in [-0.15, -0.1) is 11.3 Å². The second kappa shape index (κ2) is 5.48. The van der Waals surface area contributed by atoms with Crippen molar-refractivity contribution in [3.8, 4) is 0 Å². The molecule has 1 atom stereocenters. The van der Waals surface area contributed by atoms with Crippen molar-refractivity contribution in [1.29, 1.82) is 0 Å². The van der Waals surface area contributed by atoms with Crippen LogP contribution >= 0.6 is 11.3 Å². The Balaban J connectivity index is 2.11. The predicted molar refractivity (Wildman–Crippen MR) is 86.1 cm³/mol. The van der Waals surface area contributed by atoms with Gasteiger partial charge in [-0.3, -0.25) is 4.79 Å². The van der Waals surface area contributed by atoms with Gasteiger partial charge in [-0.1, -0.05) is 0 Å². The highest BCUT2D eigenvalue weighted by atomic mass is 32.1. The maximum atomic E-state index is 12.1. The molecule has 1 saturated heterocycles. The van der Waals surface area contributed by atoms with Crippen molar-refractivity contribution in [1.82, 2.24) is 15.3 Å². The maximum Gasteiger partial charge on any atom is 0.242 e. The van der Waals surface area contributed by atoms with E-state index >= 15 is 0 Å². The number of rotatable bonds is 3. The molecule has 0 bridgehead atoms. The lowest BCUT2D eigenvalue weighted by molar-refractivity contribution is -0.121. The van der Waals surface area contributed by atoms with Gasteiger partial charge in [0.1, 0.15) is 16.7 Å². The number of hydrogen-bond donors (Lipinski definition) is 2. The molecule has 0 saturated carbocycles. The van der Waals surface area contributed by atoms with Crippen molar-refractivity contribution >= 4 is 39.2 Å². The van der Waals surface area contributed by atoms with Crippen LogP contribution in [0.1, 0.15) is 17.7 Å². The van der Waals surface area contributed by atoms with E-state index in [4.69, 9.17) is 0 Å². The molecule has 2 N–H and O–H groups in total. The fraction of sp³-hybridized carbons (Fsp3) is 0.500. The minimum Gasteiger partial charge on any atom is -0.357 e. The monoisotopic (exact) mass is 305 g/mol. The molecule has 21 heavy (non-hydrogen) atoms. The molecule has 2 aromatic heterocycles. The van der Waals surface area contributed by atoms with Gasteiger partial charge < -0.3 is 15.5 Å². The van der Waals surface area contributed by atoms with Crippen LogP contribution in [0.4, 0.5) is 11.8 Å². The fourth-order valence-corrected chi connectivity index (χ4v) is 3.69. The van der Waals surface area contributed by atoms with Crippen molar-refractivity contribution in [3.63, 3.8) is 0 Å². The van der Waals surface area contributed by atoms with E-state index in [1.165, 1.54) is 4.88 Å². The highest BCUT2D eigenvalue weighted by Crippen LogP contribution is 2.35. The molecule has 1 amide bonds. The minimum atomic E-state index is -0.141. The number of amides is 1. The van der Waals surface area contributed by atoms with Gasteiger partial charge in [-0.25, -0.2) is 4.98 Å². The average Bonchev–Trinajstić information content (AvgIpc) is 3.10. The molecule has 0 aliphatic carbocycles. The predicted octanol–water partition coefficient (Wildman–Crippen LogP) is 1.76. The largest absolute Gasteiger partial charge is 0.357 e. The zero-order valence-electron chi connectivity index (χ0n) is 12.4. The highest BCUT2D eigenvalue weighted by molar-refractivity contribution is 7.18. The molecular formula is C14H19N5OS. The summed E-state index contributed by atoms with van der Waals surface area (Å²) in [7, 11) is 3.49. The standard InChI is InChI=1S/C14H19N5OS/c1-8-7-9-11(17-14(16-3)18-13(9)21-8)19-6-4-5-10(19)12(20)15-2/h7,10H,4-6H2,1-3H3,(H,15,20)(H,16,17,18). The lowest BCUT2D eigenvalue weighted by atomic mass is 10.2. The van der Waals surface area contributed by atoms with Gasteiger partial charge in [0.15, 0.2) is 0 Å². The number of aromatic nitrogens is 2. The Bertz CT molecular complexity index is 683. The van der Waals surface area contributed by atoms with Gasteiger partial charge in [-0.05, 0) is 25.8 Å². The van der Waals surface area contributed by atoms with Crippen molar-refractivity contribution in [2.75, 3.05) is 30.9 Å². The lowest BCUT2D eigenvalue weighted by Crippen LogP contribution is -2.42. The summed E-state index contributed by atoms with van der Waals surface area (Å²) in [6, 6.07) is 1.96. The summed E-state index contributed by atoms with van der Waals surface area (Å²) in [5.41, 5.74) is 0. The van der Waals surface area contributed by atoms with Crippen LogP contribution in [0.5, 0.6) is 0 Å². The summed E-state index contributed by atoms with van der Waals surface area (Å²) >= 11 is 1.65. The molecule has 1 fully saturated rings. The summed E-state index contributed by atoms with van der Waals surface area (Å²) in [6.45, 7) is 2.91. The number of likely N-dealkylation sites (N-methyl/N-ethyl adjacent to an activating group) is 1. The summed E-state index contributed by atoms with van der Waals surface area (Å²) < 4.78 is 0. The van der Waals surface area contributed by atoms with Crippen LogP contribution in [-0.2, 0) is 4.79 Å². The van der Waals surface area contributed by atoms with Gasteiger partial charge in [0.25, 0.3) is 0 Å². The number of thiophene rings is 1. The first-order valence-corrected chi connectivity index (χ1v) is 7.90. The highest BCUT2D eigenvalue weighted by Gasteiger charge is 2.32. The Morgan fingerprint density at radius 1 is 1.43 bits per heavy atom. The third kappa shape index (κ3) is 2.42. The van der Waals surface area contributed by atoms with Gasteiger partial charge in [0, 0.05) is 25.5 Å². The SMILES string of the molecule is CNC(=O)C1CCCN1c1nc(NC)nc2sc(C)cc12. The van der Waals surface area contributed by atoms with E-state index in [0.717, 1.165) is 35.4 Å². The Morgan fingerprint density at radius 2 is 2.24 bits per heavy atom. The Morgan fingerprint density at radius 3 is 2.95 bits per heavy atom. The number of fused-ring (bicyclic) bond motifs is 1. The van der Waals surface area contributed by atoms with E-state index in [2.05, 4.69) is 38.5 Å². The normalized spacial score (nSPS) is 18.2. The first-order chi connectivity index (χ1) is 10.1. The minimum absolute atomic E-state index is 0.0530. The molecule has 0 spiro atoms. The Hall–Kier alpha value is -1.89. The molecule has 6 nitrogen and oxygen atoms in total. The zero-order chi connectivity index (χ0) is 15.0. The molecule has 1 aliphatic rings. The van der Waals surface area contributed by atoms with E-state index in [1.807, 2.05) is 7.05 Å². The number of aryl methyl sites for hydroxylation is 1. The summed E-state index contributed by atoms with van der Waals surface area (Å²) in [5.74, 6) is 1.51. The summed E-state index contributed by atoms with van der Waals surface area (Å²) in [4.78, 5) is 25.5. The van der Waals surface area contributed by atoms with E-state index in [-0.39, 0.29) is 11.9 Å². The third-order valence-corrected chi connectivity index (χ3v) is 4.74. The second-order valence-electron chi connectivity index (χ2n) is 5.16. The van der Waals surface area contributed by atoms with Crippen molar-refractivity contribution in [2.24, 2.45) is 0 Å². The molecule has 0 aromatic carbocycles. The van der Waals surface area contributed by atoms with Crippen LogP contribution < -0.4 is 15.5 Å². The van der Waals surface area contributed by atoms with Crippen molar-refractivity contribution < 1.29 is 4.79 Å². The van der Waals surface area contributed by atoms with Crippen LogP contribution in [0.25, 0.3) is 10.2 Å². The molecule has 112 valence electrons. The first kappa shape index (κ1) is 14.1. The average molecular weight is 305 g/mol. The quantitative estimate of drug-likeness (QED) is 0.904. The van der Waals surface area contributed by atoms with E-state index in [9.17, 15) is 4.79 Å². The third-order valence-electron chi connectivity index (χ3n) is 3.79. The second-order valence-corrected chi connectivity index (χ2v) is 6.40. The van der Waals surface area contributed by atoms with Crippen LogP contribution in [0.2, 0.25) is 0 Å². The van der Waals surface area contributed by atoms with Crippen LogP contribution in [0.15, 0.2) is 6.07 Å². The number of nitrogens with one attached hydrogen (secondary N) is 2. The van der Waals surface area contributed by atoms with Gasteiger partial charge in [-0.2, -0.15) is 4.98 Å². The molecule has 7 heteroatoms. The fourth-order valence-electron chi connectivity index (χ4n) is 2.82. The lowest BCUT2D eigenvalue weighted by Gasteiger charge is -2.25. The van der Waals surface area contributed by atoms with Crippen LogP contribution in [0.3, 0.4) is 0 Å². The summed E-state index contributed by atoms with van der Waals surface area (Å²) in [6.07, 6.45) is 1.87. The van der Waals surface area contributed by atoms with Gasteiger partial charge >= 0.3 is 0 Å². The molecule has 3 heterocycles. The molecule has 2 aromatic rings. The molecule has 1 aliphatic heterocycles. The Kier molecular flexibility index (Phi) is 3.67. The molecular weight excluding hydrogens is 286 g/mol. The van der Waals surface area contributed by atoms with Crippen molar-refractivity contribution in [3.05, 3.63) is 10.9 Å². The molecule has 1 unspecified atom stereocenters. The van der Waals surface area contributed by atoms with E-state index in [0.29, 0.717) is 5.95 Å². The number of carbonyl (C=O) groups excluding carboxylic acids is 1. The van der Waals surface area contributed by atoms with Gasteiger partial charge in [0.05, 0.1) is 5.39 Å². The Labute approximate surface area is 127 Å². The van der Waals surface area contributed by atoms with Crippen LogP contribution in [0, 0.1) is 6.92 Å². The van der Waals surface area contributed by atoms with Gasteiger partial charge in [0.2, 0.25) is 11.9 Å². The summed E-state index contributed by atoms with van der Waals surface area (Å²) in [5, 5.41) is 6.79. The maximum absolute atomic E-state index is 12.1. The number of anilines is 2. The van der Waals surface area contributed by atoms with Crippen molar-refractivity contribution in [2.45, 2.75) is 25.8 Å². The number of nitrogens with zero attached hydrogens (tertiary/aromatic N) is 3. The molecule has 3 rings (SSSR count). The van der Waals surface area contributed by atoms with E-state index < -0.39 is 0 Å². The topological polar surface area (TPSA) is 70.2 Å². The van der Waals surface area contributed by atoms with E-state index in [1.54, 1.807) is 18.4 Å². The number of hydrogen-bond acceptors (Lipinski definition) is 6. The smallest absolute Gasteiger partial charge is 0.242 e. The molecule has 0 radical (unpaired) electrons. The zero-order valence-corrected chi connectivity index (χ0v) is 13.3. The number of carbonyl (C=O) groups is 1. The first-order valence-electron chi connectivity index (χ1n) is 7.08. The van der Waals surface area contributed by atoms with Crippen LogP contribution in [-0.4, -0.2) is 42.6 Å².